The van der Waals surface area contributed by atoms with Gasteiger partial charge in [0.1, 0.15) is 0 Å². The van der Waals surface area contributed by atoms with E-state index in [2.05, 4.69) is 36.1 Å². The Balaban J connectivity index is 1.91. The molecule has 0 bridgehead atoms. The van der Waals surface area contributed by atoms with E-state index in [0.29, 0.717) is 24.0 Å². The number of carbonyl (C=O) groups is 1. The van der Waals surface area contributed by atoms with Gasteiger partial charge < -0.3 is 9.47 Å². The van der Waals surface area contributed by atoms with Crippen molar-refractivity contribution in [2.75, 3.05) is 20.2 Å². The molecule has 142 valence electrons. The Morgan fingerprint density at radius 2 is 2.04 bits per heavy atom. The molecule has 0 radical (unpaired) electrons. The fourth-order valence-corrected chi connectivity index (χ4v) is 4.56. The molecule has 1 aliphatic carbocycles. The number of benzene rings is 2. The number of ether oxygens (including phenoxy) is 2. The van der Waals surface area contributed by atoms with E-state index >= 15 is 0 Å². The van der Waals surface area contributed by atoms with Gasteiger partial charge in [-0.1, -0.05) is 38.1 Å². The number of carbonyl (C=O) groups excluding carboxylic acids is 1. The van der Waals surface area contributed by atoms with Crippen molar-refractivity contribution in [1.82, 2.24) is 4.90 Å². The molecule has 27 heavy (non-hydrogen) atoms. The first-order valence-corrected chi connectivity index (χ1v) is 9.94. The zero-order valence-corrected chi connectivity index (χ0v) is 16.4. The molecule has 2 aromatic rings. The monoisotopic (exact) mass is 365 g/mol. The molecular formula is C23H27NO3. The first kappa shape index (κ1) is 18.1. The van der Waals surface area contributed by atoms with Gasteiger partial charge in [0.2, 0.25) is 0 Å². The second kappa shape index (κ2) is 7.35. The van der Waals surface area contributed by atoms with E-state index in [9.17, 15) is 4.79 Å². The molecule has 0 saturated carbocycles. The maximum atomic E-state index is 12.1. The zero-order valence-electron chi connectivity index (χ0n) is 16.4. The molecule has 0 fully saturated rings. The molecule has 2 aliphatic rings. The Kier molecular flexibility index (Phi) is 4.92. The summed E-state index contributed by atoms with van der Waals surface area (Å²) in [5.41, 5.74) is 6.28. The van der Waals surface area contributed by atoms with Gasteiger partial charge in [-0.25, -0.2) is 0 Å². The van der Waals surface area contributed by atoms with Gasteiger partial charge in [0.05, 0.1) is 7.11 Å². The third-order valence-corrected chi connectivity index (χ3v) is 5.76. The minimum absolute atomic E-state index is 0.235. The van der Waals surface area contributed by atoms with Crippen molar-refractivity contribution in [3.05, 3.63) is 47.0 Å². The summed E-state index contributed by atoms with van der Waals surface area (Å²) in [6.45, 7) is 6.28. The van der Waals surface area contributed by atoms with Crippen molar-refractivity contribution in [2.45, 2.75) is 45.6 Å². The second-order valence-corrected chi connectivity index (χ2v) is 7.34. The van der Waals surface area contributed by atoms with Crippen LogP contribution in [0.3, 0.4) is 0 Å². The van der Waals surface area contributed by atoms with Crippen LogP contribution in [-0.4, -0.2) is 31.1 Å². The normalized spacial score (nSPS) is 17.8. The summed E-state index contributed by atoms with van der Waals surface area (Å²) >= 11 is 0. The Labute approximate surface area is 161 Å². The van der Waals surface area contributed by atoms with Crippen LogP contribution in [0.5, 0.6) is 11.5 Å². The number of methoxy groups -OCH3 is 1. The van der Waals surface area contributed by atoms with E-state index in [1.165, 1.54) is 22.3 Å². The summed E-state index contributed by atoms with van der Waals surface area (Å²) in [5.74, 6) is 0.954. The molecule has 0 amide bonds. The molecule has 0 aromatic heterocycles. The van der Waals surface area contributed by atoms with Gasteiger partial charge in [0.25, 0.3) is 0 Å². The standard InChI is InChI=1S/C23H27NO3/c1-4-12-24-13-11-15-7-6-8-17-21(15)18(24)14-16-9-10-19(26-3)23(22(16)17)27-20(25)5-2/h6-10,18H,4-5,11-14H2,1-3H3. The number of esters is 1. The fraction of sp³-hybridized carbons (Fsp3) is 0.435. The second-order valence-electron chi connectivity index (χ2n) is 7.34. The Morgan fingerprint density at radius 1 is 1.19 bits per heavy atom. The lowest BCUT2D eigenvalue weighted by molar-refractivity contribution is -0.134. The highest BCUT2D eigenvalue weighted by molar-refractivity contribution is 5.86. The topological polar surface area (TPSA) is 38.8 Å². The average molecular weight is 365 g/mol. The molecule has 4 rings (SSSR count). The van der Waals surface area contributed by atoms with Crippen LogP contribution in [-0.2, 0) is 17.6 Å². The summed E-state index contributed by atoms with van der Waals surface area (Å²) in [6.07, 6.45) is 3.51. The van der Waals surface area contributed by atoms with E-state index in [0.717, 1.165) is 37.9 Å². The van der Waals surface area contributed by atoms with Gasteiger partial charge >= 0.3 is 5.97 Å². The maximum absolute atomic E-state index is 12.1. The van der Waals surface area contributed by atoms with Crippen LogP contribution in [0, 0.1) is 0 Å². The summed E-state index contributed by atoms with van der Waals surface area (Å²) < 4.78 is 11.3. The Hall–Kier alpha value is -2.33. The Bertz CT molecular complexity index is 874. The third kappa shape index (κ3) is 3.02. The zero-order chi connectivity index (χ0) is 19.0. The van der Waals surface area contributed by atoms with Crippen molar-refractivity contribution >= 4 is 5.97 Å². The summed E-state index contributed by atoms with van der Waals surface area (Å²) in [7, 11) is 1.63. The van der Waals surface area contributed by atoms with Crippen LogP contribution in [0.1, 0.15) is 49.4 Å². The smallest absolute Gasteiger partial charge is 0.311 e. The number of rotatable bonds is 5. The van der Waals surface area contributed by atoms with Crippen molar-refractivity contribution in [1.29, 1.82) is 0 Å². The largest absolute Gasteiger partial charge is 0.493 e. The van der Waals surface area contributed by atoms with Crippen LogP contribution >= 0.6 is 0 Å². The van der Waals surface area contributed by atoms with Gasteiger partial charge in [-0.05, 0) is 54.1 Å². The van der Waals surface area contributed by atoms with Gasteiger partial charge in [-0.3, -0.25) is 9.69 Å². The lowest BCUT2D eigenvalue weighted by Gasteiger charge is -2.42. The molecule has 0 saturated heterocycles. The molecule has 4 heteroatoms. The van der Waals surface area contributed by atoms with E-state index in [1.54, 1.807) is 7.11 Å². The lowest BCUT2D eigenvalue weighted by Crippen LogP contribution is -2.38. The van der Waals surface area contributed by atoms with E-state index in [4.69, 9.17) is 9.47 Å². The molecule has 1 atom stereocenters. The fourth-order valence-electron chi connectivity index (χ4n) is 4.56. The van der Waals surface area contributed by atoms with Crippen molar-refractivity contribution in [3.8, 4) is 22.6 Å². The highest BCUT2D eigenvalue weighted by atomic mass is 16.6. The summed E-state index contributed by atoms with van der Waals surface area (Å²) in [6, 6.07) is 11.0. The maximum Gasteiger partial charge on any atom is 0.311 e. The molecule has 1 unspecified atom stereocenters. The first-order chi connectivity index (χ1) is 13.2. The van der Waals surface area contributed by atoms with Gasteiger partial charge in [-0.2, -0.15) is 0 Å². The highest BCUT2D eigenvalue weighted by Gasteiger charge is 2.36. The number of fused-ring (bicyclic) bond motifs is 2. The number of hydrogen-bond donors (Lipinski definition) is 0. The minimum Gasteiger partial charge on any atom is -0.493 e. The number of hydrogen-bond acceptors (Lipinski definition) is 4. The third-order valence-electron chi connectivity index (χ3n) is 5.76. The summed E-state index contributed by atoms with van der Waals surface area (Å²) in [5, 5.41) is 0. The molecule has 0 N–H and O–H groups in total. The summed E-state index contributed by atoms with van der Waals surface area (Å²) in [4.78, 5) is 14.7. The predicted octanol–water partition coefficient (Wildman–Crippen LogP) is 4.54. The van der Waals surface area contributed by atoms with Crippen LogP contribution in [0.15, 0.2) is 30.3 Å². The van der Waals surface area contributed by atoms with Gasteiger partial charge in [-0.15, -0.1) is 0 Å². The van der Waals surface area contributed by atoms with Gasteiger partial charge in [0, 0.05) is 24.6 Å². The van der Waals surface area contributed by atoms with E-state index in [-0.39, 0.29) is 5.97 Å². The minimum atomic E-state index is -0.235. The van der Waals surface area contributed by atoms with Crippen LogP contribution in [0.25, 0.3) is 11.1 Å². The molecule has 2 aromatic carbocycles. The van der Waals surface area contributed by atoms with Crippen molar-refractivity contribution in [3.63, 3.8) is 0 Å². The van der Waals surface area contributed by atoms with Crippen LogP contribution in [0.2, 0.25) is 0 Å². The van der Waals surface area contributed by atoms with Crippen LogP contribution < -0.4 is 9.47 Å². The molecule has 4 nitrogen and oxygen atoms in total. The Morgan fingerprint density at radius 3 is 2.78 bits per heavy atom. The van der Waals surface area contributed by atoms with E-state index in [1.807, 2.05) is 13.0 Å². The molecule has 0 spiro atoms. The van der Waals surface area contributed by atoms with Crippen LogP contribution in [0.4, 0.5) is 0 Å². The lowest BCUT2D eigenvalue weighted by atomic mass is 9.76. The molecular weight excluding hydrogens is 338 g/mol. The quantitative estimate of drug-likeness (QED) is 0.576. The SMILES string of the molecule is CCCN1CCc2cccc3c2C1Cc1ccc(OC)c(OC(=O)CC)c1-3. The highest BCUT2D eigenvalue weighted by Crippen LogP contribution is 2.51. The van der Waals surface area contributed by atoms with Gasteiger partial charge in [0.15, 0.2) is 11.5 Å². The number of nitrogens with zero attached hydrogens (tertiary/aromatic N) is 1. The predicted molar refractivity (Wildman–Crippen MR) is 106 cm³/mol. The van der Waals surface area contributed by atoms with E-state index < -0.39 is 0 Å². The first-order valence-electron chi connectivity index (χ1n) is 9.94. The van der Waals surface area contributed by atoms with Crippen molar-refractivity contribution in [2.24, 2.45) is 0 Å². The molecule has 1 heterocycles. The average Bonchev–Trinajstić information content (AvgIpc) is 2.70. The molecule has 1 aliphatic heterocycles. The van der Waals surface area contributed by atoms with Crippen molar-refractivity contribution < 1.29 is 14.3 Å².